The van der Waals surface area contributed by atoms with Crippen LogP contribution in [0.4, 0.5) is 0 Å². The van der Waals surface area contributed by atoms with Gasteiger partial charge in [-0.25, -0.2) is 4.79 Å². The molecule has 206 valence electrons. The summed E-state index contributed by atoms with van der Waals surface area (Å²) >= 11 is 0. The Bertz CT molecular complexity index is 1020. The second-order valence-corrected chi connectivity index (χ2v) is 7.91. The third-order valence-corrected chi connectivity index (χ3v) is 4.85. The molecule has 0 aromatic heterocycles. The first kappa shape index (κ1) is 34.1. The fraction of sp³-hybridized carbons (Fsp3) is 0.276. The summed E-state index contributed by atoms with van der Waals surface area (Å²) in [6.45, 7) is 0.566. The molecule has 3 rings (SSSR count). The minimum Gasteiger partial charge on any atom is -0.480 e. The molecule has 9 N–H and O–H groups in total. The molecular formula is C29H39N3O6. The highest BCUT2D eigenvalue weighted by molar-refractivity contribution is 5.76. The molecule has 0 aliphatic heterocycles. The molecule has 0 aliphatic rings. The fourth-order valence-electron chi connectivity index (χ4n) is 2.83. The highest BCUT2D eigenvalue weighted by atomic mass is 16.4. The van der Waals surface area contributed by atoms with Crippen molar-refractivity contribution < 1.29 is 29.7 Å². The Morgan fingerprint density at radius 2 is 1.26 bits per heavy atom. The van der Waals surface area contributed by atoms with E-state index in [-0.39, 0.29) is 0 Å². The van der Waals surface area contributed by atoms with E-state index in [1.165, 1.54) is 11.1 Å². The van der Waals surface area contributed by atoms with Gasteiger partial charge in [0.2, 0.25) is 0 Å². The summed E-state index contributed by atoms with van der Waals surface area (Å²) in [5, 5.41) is 23.3. The van der Waals surface area contributed by atoms with Crippen LogP contribution in [0.25, 0.3) is 11.1 Å². The van der Waals surface area contributed by atoms with E-state index in [1.807, 2.05) is 60.7 Å². The van der Waals surface area contributed by atoms with E-state index < -0.39 is 24.6 Å². The van der Waals surface area contributed by atoms with Gasteiger partial charge in [0.25, 0.3) is 0 Å². The first-order chi connectivity index (χ1) is 18.3. The zero-order valence-electron chi connectivity index (χ0n) is 21.5. The van der Waals surface area contributed by atoms with E-state index >= 15 is 0 Å². The Kier molecular flexibility index (Phi) is 20.0. The van der Waals surface area contributed by atoms with Crippen molar-refractivity contribution in [3.05, 3.63) is 96.1 Å². The molecule has 0 saturated heterocycles. The SMILES string of the molecule is NCCCCC(N)C(=O)O.NCCc1ccccc1.O=C(O)CO.O=Cc1ccc(-c2ccccc2)cc1. The molecule has 0 fully saturated rings. The second-order valence-electron chi connectivity index (χ2n) is 7.91. The van der Waals surface area contributed by atoms with Gasteiger partial charge in [-0.3, -0.25) is 9.59 Å². The van der Waals surface area contributed by atoms with E-state index in [0.29, 0.717) is 18.5 Å². The van der Waals surface area contributed by atoms with Crippen LogP contribution in [0, 0.1) is 0 Å². The van der Waals surface area contributed by atoms with Crippen molar-refractivity contribution in [2.24, 2.45) is 17.2 Å². The number of carboxylic acid groups (broad SMARTS) is 2. The Labute approximate surface area is 223 Å². The zero-order chi connectivity index (χ0) is 28.6. The quantitative estimate of drug-likeness (QED) is 0.171. The van der Waals surface area contributed by atoms with Crippen molar-refractivity contribution in [2.45, 2.75) is 31.7 Å². The minimum atomic E-state index is -1.19. The van der Waals surface area contributed by atoms with Crippen LogP contribution in [0.2, 0.25) is 0 Å². The van der Waals surface area contributed by atoms with E-state index in [1.54, 1.807) is 0 Å². The third-order valence-electron chi connectivity index (χ3n) is 4.85. The van der Waals surface area contributed by atoms with Crippen LogP contribution in [-0.4, -0.2) is 59.3 Å². The largest absolute Gasteiger partial charge is 0.480 e. The van der Waals surface area contributed by atoms with Crippen LogP contribution >= 0.6 is 0 Å². The van der Waals surface area contributed by atoms with Crippen molar-refractivity contribution in [3.8, 4) is 11.1 Å². The lowest BCUT2D eigenvalue weighted by Crippen LogP contribution is -2.29. The molecule has 9 nitrogen and oxygen atoms in total. The summed E-state index contributed by atoms with van der Waals surface area (Å²) in [6, 6.07) is 27.2. The highest BCUT2D eigenvalue weighted by Crippen LogP contribution is 2.18. The Morgan fingerprint density at radius 3 is 1.68 bits per heavy atom. The maximum Gasteiger partial charge on any atom is 0.329 e. The molecule has 0 aliphatic carbocycles. The predicted octanol–water partition coefficient (Wildman–Crippen LogP) is 2.94. The molecule has 0 heterocycles. The number of hydrogen-bond donors (Lipinski definition) is 6. The summed E-state index contributed by atoms with van der Waals surface area (Å²) in [6.07, 6.45) is 4.01. The van der Waals surface area contributed by atoms with Crippen molar-refractivity contribution in [3.63, 3.8) is 0 Å². The molecule has 3 aromatic rings. The van der Waals surface area contributed by atoms with Gasteiger partial charge in [0.1, 0.15) is 18.9 Å². The van der Waals surface area contributed by atoms with Crippen LogP contribution in [0.5, 0.6) is 0 Å². The number of aldehydes is 1. The van der Waals surface area contributed by atoms with Gasteiger partial charge < -0.3 is 32.5 Å². The van der Waals surface area contributed by atoms with Gasteiger partial charge in [-0.1, -0.05) is 91.3 Å². The topological polar surface area (TPSA) is 190 Å². The van der Waals surface area contributed by atoms with Crippen LogP contribution in [0.1, 0.15) is 35.2 Å². The average molecular weight is 526 g/mol. The van der Waals surface area contributed by atoms with Crippen molar-refractivity contribution in [1.82, 2.24) is 0 Å². The average Bonchev–Trinajstić information content (AvgIpc) is 2.95. The smallest absolute Gasteiger partial charge is 0.329 e. The van der Waals surface area contributed by atoms with Gasteiger partial charge >= 0.3 is 11.9 Å². The van der Waals surface area contributed by atoms with Gasteiger partial charge in [-0.05, 0) is 49.0 Å². The standard InChI is InChI=1S/C13H10O.C8H11N.C6H14N2O2.C2H4O3/c14-10-11-6-8-13(9-7-11)12-4-2-1-3-5-12;9-7-6-8-4-2-1-3-5-8;7-4-2-1-3-5(8)6(9)10;3-1-2(4)5/h1-10H;1-5H,6-7,9H2;5H,1-4,7-8H2,(H,9,10);3H,1H2,(H,4,5). The number of carboxylic acids is 2. The number of carbonyl (C=O) groups is 3. The third kappa shape index (κ3) is 17.5. The summed E-state index contributed by atoms with van der Waals surface area (Å²) < 4.78 is 0. The van der Waals surface area contributed by atoms with Crippen LogP contribution < -0.4 is 17.2 Å². The highest BCUT2D eigenvalue weighted by Gasteiger charge is 2.09. The van der Waals surface area contributed by atoms with Crippen molar-refractivity contribution in [1.29, 1.82) is 0 Å². The number of aliphatic carboxylic acids is 2. The number of carbonyl (C=O) groups excluding carboxylic acids is 1. The molecule has 0 spiro atoms. The summed E-state index contributed by atoms with van der Waals surface area (Å²) in [5.74, 6) is -2.12. The number of rotatable bonds is 10. The molecule has 0 saturated carbocycles. The number of nitrogens with two attached hydrogens (primary N) is 3. The molecule has 0 amide bonds. The van der Waals surface area contributed by atoms with Crippen LogP contribution in [0.15, 0.2) is 84.9 Å². The van der Waals surface area contributed by atoms with Gasteiger partial charge in [0, 0.05) is 5.56 Å². The first-order valence-electron chi connectivity index (χ1n) is 12.1. The van der Waals surface area contributed by atoms with E-state index in [9.17, 15) is 9.59 Å². The minimum absolute atomic E-state index is 0.520. The lowest BCUT2D eigenvalue weighted by Gasteiger charge is -2.03. The maximum atomic E-state index is 10.5. The molecule has 0 radical (unpaired) electrons. The lowest BCUT2D eigenvalue weighted by atomic mass is 10.0. The first-order valence-corrected chi connectivity index (χ1v) is 12.1. The number of aliphatic hydroxyl groups excluding tert-OH is 1. The second kappa shape index (κ2) is 22.3. The Balaban J connectivity index is 0.000000510. The molecule has 0 bridgehead atoms. The predicted molar refractivity (Wildman–Crippen MR) is 150 cm³/mol. The van der Waals surface area contributed by atoms with Gasteiger partial charge in [0.15, 0.2) is 0 Å². The van der Waals surface area contributed by atoms with Crippen molar-refractivity contribution >= 4 is 18.2 Å². The van der Waals surface area contributed by atoms with E-state index in [0.717, 1.165) is 37.7 Å². The summed E-state index contributed by atoms with van der Waals surface area (Å²) in [5.41, 5.74) is 20.1. The number of hydrogen-bond acceptors (Lipinski definition) is 7. The van der Waals surface area contributed by atoms with Crippen molar-refractivity contribution in [2.75, 3.05) is 19.7 Å². The monoisotopic (exact) mass is 525 g/mol. The van der Waals surface area contributed by atoms with E-state index in [4.69, 9.17) is 37.3 Å². The van der Waals surface area contributed by atoms with Crippen LogP contribution in [-0.2, 0) is 16.0 Å². The molecule has 1 unspecified atom stereocenters. The molecular weight excluding hydrogens is 486 g/mol. The summed E-state index contributed by atoms with van der Waals surface area (Å²) in [7, 11) is 0. The van der Waals surface area contributed by atoms with Crippen LogP contribution in [0.3, 0.4) is 0 Å². The number of benzene rings is 3. The molecule has 1 atom stereocenters. The van der Waals surface area contributed by atoms with Gasteiger partial charge in [-0.2, -0.15) is 0 Å². The Hall–Kier alpha value is -3.89. The number of aliphatic hydroxyl groups is 1. The fourth-order valence-corrected chi connectivity index (χ4v) is 2.83. The summed E-state index contributed by atoms with van der Waals surface area (Å²) in [4.78, 5) is 29.7. The zero-order valence-corrected chi connectivity index (χ0v) is 21.5. The van der Waals surface area contributed by atoms with E-state index in [2.05, 4.69) is 24.3 Å². The lowest BCUT2D eigenvalue weighted by molar-refractivity contribution is -0.140. The molecule has 38 heavy (non-hydrogen) atoms. The van der Waals surface area contributed by atoms with Gasteiger partial charge in [-0.15, -0.1) is 0 Å². The number of unbranched alkanes of at least 4 members (excludes halogenated alkanes) is 1. The normalized spacial score (nSPS) is 10.2. The van der Waals surface area contributed by atoms with Gasteiger partial charge in [0.05, 0.1) is 0 Å². The maximum absolute atomic E-state index is 10.5. The Morgan fingerprint density at radius 1 is 0.763 bits per heavy atom. The molecule has 9 heteroatoms. The molecule has 3 aromatic carbocycles.